The van der Waals surface area contributed by atoms with Crippen molar-refractivity contribution in [3.05, 3.63) is 47.9 Å². The van der Waals surface area contributed by atoms with Crippen LogP contribution in [-0.4, -0.2) is 16.1 Å². The largest absolute Gasteiger partial charge is 0.398 e. The molecule has 0 fully saturated rings. The average Bonchev–Trinajstić information content (AvgIpc) is 2.30. The Kier molecular flexibility index (Phi) is 2.95. The Morgan fingerprint density at radius 2 is 2.18 bits per heavy atom. The van der Waals surface area contributed by atoms with Crippen LogP contribution in [0.1, 0.15) is 10.4 Å². The van der Waals surface area contributed by atoms with Gasteiger partial charge in [-0.1, -0.05) is 0 Å². The molecule has 0 aliphatic heterocycles. The van der Waals surface area contributed by atoms with Gasteiger partial charge >= 0.3 is 0 Å². The molecule has 5 nitrogen and oxygen atoms in total. The lowest BCUT2D eigenvalue weighted by Gasteiger charge is -2.05. The summed E-state index contributed by atoms with van der Waals surface area (Å²) < 4.78 is 12.8. The first kappa shape index (κ1) is 11.0. The molecule has 2 aromatic rings. The van der Waals surface area contributed by atoms with Gasteiger partial charge in [-0.25, -0.2) is 4.39 Å². The second-order valence-corrected chi connectivity index (χ2v) is 3.29. The van der Waals surface area contributed by atoms with Crippen molar-refractivity contribution in [1.29, 1.82) is 0 Å². The summed E-state index contributed by atoms with van der Waals surface area (Å²) in [6.45, 7) is 0. The van der Waals surface area contributed by atoms with Crippen LogP contribution < -0.4 is 11.1 Å². The quantitative estimate of drug-likeness (QED) is 0.768. The van der Waals surface area contributed by atoms with E-state index in [1.54, 1.807) is 12.1 Å². The minimum atomic E-state index is -0.487. The third-order valence-electron chi connectivity index (χ3n) is 2.07. The Morgan fingerprint density at radius 1 is 1.35 bits per heavy atom. The molecule has 0 saturated heterocycles. The third kappa shape index (κ3) is 2.54. The number of carbonyl (C=O) groups excluding carboxylic acids is 1. The van der Waals surface area contributed by atoms with Gasteiger partial charge in [0, 0.05) is 11.9 Å². The summed E-state index contributed by atoms with van der Waals surface area (Å²) in [6, 6.07) is 6.80. The minimum Gasteiger partial charge on any atom is -0.398 e. The maximum absolute atomic E-state index is 12.8. The zero-order valence-corrected chi connectivity index (χ0v) is 8.72. The van der Waals surface area contributed by atoms with Crippen LogP contribution in [0.4, 0.5) is 15.9 Å². The molecule has 0 atom stereocenters. The number of amides is 1. The molecule has 1 aromatic heterocycles. The Labute approximate surface area is 96.5 Å². The van der Waals surface area contributed by atoms with E-state index in [0.29, 0.717) is 5.82 Å². The maximum atomic E-state index is 12.8. The van der Waals surface area contributed by atoms with E-state index in [1.807, 2.05) is 0 Å². The molecule has 1 amide bonds. The number of anilines is 2. The molecule has 0 bridgehead atoms. The number of nitrogens with two attached hydrogens (primary N) is 1. The van der Waals surface area contributed by atoms with Crippen molar-refractivity contribution < 1.29 is 9.18 Å². The highest BCUT2D eigenvalue weighted by molar-refractivity contribution is 6.07. The van der Waals surface area contributed by atoms with E-state index in [-0.39, 0.29) is 11.3 Å². The fraction of sp³-hybridized carbons (Fsp3) is 0. The van der Waals surface area contributed by atoms with Crippen molar-refractivity contribution in [1.82, 2.24) is 10.2 Å². The fourth-order valence-electron chi connectivity index (χ4n) is 1.29. The lowest BCUT2D eigenvalue weighted by atomic mass is 10.1. The topological polar surface area (TPSA) is 80.9 Å². The van der Waals surface area contributed by atoms with Crippen molar-refractivity contribution in [2.75, 3.05) is 11.1 Å². The SMILES string of the molecule is Nc1cc(F)ccc1C(=O)Nc1cccnn1. The first-order valence-corrected chi connectivity index (χ1v) is 4.81. The molecule has 86 valence electrons. The van der Waals surface area contributed by atoms with E-state index in [4.69, 9.17) is 5.73 Å². The molecule has 2 rings (SSSR count). The molecule has 0 saturated carbocycles. The number of rotatable bonds is 2. The lowest BCUT2D eigenvalue weighted by Crippen LogP contribution is -2.15. The zero-order chi connectivity index (χ0) is 12.3. The molecule has 0 radical (unpaired) electrons. The summed E-state index contributed by atoms with van der Waals surface area (Å²) in [5, 5.41) is 9.81. The van der Waals surface area contributed by atoms with Crippen LogP contribution in [0.2, 0.25) is 0 Å². The standard InChI is InChI=1S/C11H9FN4O/c12-7-3-4-8(9(13)6-7)11(17)15-10-2-1-5-14-16-10/h1-6H,13H2,(H,15,16,17). The van der Waals surface area contributed by atoms with Crippen LogP contribution in [0.3, 0.4) is 0 Å². The predicted octanol–water partition coefficient (Wildman–Crippen LogP) is 1.45. The van der Waals surface area contributed by atoms with Crippen LogP contribution in [-0.2, 0) is 0 Å². The molecule has 1 aromatic carbocycles. The van der Waals surface area contributed by atoms with E-state index in [1.165, 1.54) is 18.3 Å². The smallest absolute Gasteiger partial charge is 0.258 e. The van der Waals surface area contributed by atoms with Crippen molar-refractivity contribution in [2.45, 2.75) is 0 Å². The van der Waals surface area contributed by atoms with Gasteiger partial charge in [0.15, 0.2) is 5.82 Å². The highest BCUT2D eigenvalue weighted by Crippen LogP contribution is 2.14. The van der Waals surface area contributed by atoms with Gasteiger partial charge in [-0.2, -0.15) is 5.10 Å². The van der Waals surface area contributed by atoms with E-state index >= 15 is 0 Å². The zero-order valence-electron chi connectivity index (χ0n) is 8.72. The number of nitrogen functional groups attached to an aromatic ring is 1. The monoisotopic (exact) mass is 232 g/mol. The molecule has 1 heterocycles. The molecule has 0 unspecified atom stereocenters. The van der Waals surface area contributed by atoms with Crippen molar-refractivity contribution >= 4 is 17.4 Å². The first-order valence-electron chi connectivity index (χ1n) is 4.81. The second-order valence-electron chi connectivity index (χ2n) is 3.29. The van der Waals surface area contributed by atoms with Gasteiger partial charge in [0.2, 0.25) is 0 Å². The van der Waals surface area contributed by atoms with Gasteiger partial charge in [0.1, 0.15) is 5.82 Å². The summed E-state index contributed by atoms with van der Waals surface area (Å²) in [5.74, 6) is -0.636. The highest BCUT2D eigenvalue weighted by atomic mass is 19.1. The Bertz CT molecular complexity index is 544. The Morgan fingerprint density at radius 3 is 2.82 bits per heavy atom. The third-order valence-corrected chi connectivity index (χ3v) is 2.07. The number of hydrogen-bond donors (Lipinski definition) is 2. The Balaban J connectivity index is 2.21. The molecule has 17 heavy (non-hydrogen) atoms. The van der Waals surface area contributed by atoms with Crippen LogP contribution in [0.25, 0.3) is 0 Å². The van der Waals surface area contributed by atoms with Gasteiger partial charge in [0.05, 0.1) is 5.56 Å². The van der Waals surface area contributed by atoms with Crippen LogP contribution in [0.5, 0.6) is 0 Å². The van der Waals surface area contributed by atoms with E-state index in [0.717, 1.165) is 6.07 Å². The Hall–Kier alpha value is -2.50. The number of nitrogens with one attached hydrogen (secondary N) is 1. The number of nitrogens with zero attached hydrogens (tertiary/aromatic N) is 2. The molecule has 0 aliphatic carbocycles. The summed E-state index contributed by atoms with van der Waals surface area (Å²) >= 11 is 0. The van der Waals surface area contributed by atoms with Gasteiger partial charge < -0.3 is 11.1 Å². The van der Waals surface area contributed by atoms with Crippen LogP contribution >= 0.6 is 0 Å². The van der Waals surface area contributed by atoms with Crippen molar-refractivity contribution in [2.24, 2.45) is 0 Å². The molecular formula is C11H9FN4O. The van der Waals surface area contributed by atoms with Crippen molar-refractivity contribution in [3.8, 4) is 0 Å². The lowest BCUT2D eigenvalue weighted by molar-refractivity contribution is 0.102. The van der Waals surface area contributed by atoms with Gasteiger partial charge in [-0.15, -0.1) is 5.10 Å². The van der Waals surface area contributed by atoms with Gasteiger partial charge in [0.25, 0.3) is 5.91 Å². The summed E-state index contributed by atoms with van der Waals surface area (Å²) in [6.07, 6.45) is 1.49. The summed E-state index contributed by atoms with van der Waals surface area (Å²) in [4.78, 5) is 11.8. The van der Waals surface area contributed by atoms with Crippen LogP contribution in [0.15, 0.2) is 36.5 Å². The van der Waals surface area contributed by atoms with E-state index < -0.39 is 11.7 Å². The second kappa shape index (κ2) is 4.56. The number of benzene rings is 1. The van der Waals surface area contributed by atoms with Crippen LogP contribution in [0, 0.1) is 5.82 Å². The molecule has 3 N–H and O–H groups in total. The number of carbonyl (C=O) groups is 1. The molecule has 0 spiro atoms. The maximum Gasteiger partial charge on any atom is 0.258 e. The molecule has 6 heteroatoms. The average molecular weight is 232 g/mol. The summed E-state index contributed by atoms with van der Waals surface area (Å²) in [7, 11) is 0. The number of halogens is 1. The van der Waals surface area contributed by atoms with E-state index in [9.17, 15) is 9.18 Å². The molecule has 0 aliphatic rings. The highest BCUT2D eigenvalue weighted by Gasteiger charge is 2.10. The fourth-order valence-corrected chi connectivity index (χ4v) is 1.29. The number of aromatic nitrogens is 2. The summed E-state index contributed by atoms with van der Waals surface area (Å²) in [5.41, 5.74) is 5.81. The van der Waals surface area contributed by atoms with Gasteiger partial charge in [-0.05, 0) is 30.3 Å². The number of hydrogen-bond acceptors (Lipinski definition) is 4. The van der Waals surface area contributed by atoms with E-state index in [2.05, 4.69) is 15.5 Å². The minimum absolute atomic E-state index is 0.0754. The van der Waals surface area contributed by atoms with Crippen molar-refractivity contribution in [3.63, 3.8) is 0 Å². The predicted molar refractivity (Wildman–Crippen MR) is 60.8 cm³/mol. The normalized spacial score (nSPS) is 9.94. The molecular weight excluding hydrogens is 223 g/mol. The first-order chi connectivity index (χ1) is 8.16. The van der Waals surface area contributed by atoms with Gasteiger partial charge in [-0.3, -0.25) is 4.79 Å².